The highest BCUT2D eigenvalue weighted by Gasteiger charge is 2.38. The summed E-state index contributed by atoms with van der Waals surface area (Å²) in [5, 5.41) is 3.35. The first kappa shape index (κ1) is 13.3. The molecule has 0 aliphatic heterocycles. The van der Waals surface area contributed by atoms with Crippen LogP contribution in [-0.2, 0) is 0 Å². The van der Waals surface area contributed by atoms with Crippen LogP contribution in [-0.4, -0.2) is 53.1 Å². The highest BCUT2D eigenvalue weighted by molar-refractivity contribution is 6.28. The summed E-state index contributed by atoms with van der Waals surface area (Å²) in [7, 11) is 5.70. The molecule has 1 aromatic heterocycles. The Morgan fingerprint density at radius 3 is 2.56 bits per heavy atom. The second-order valence-corrected chi connectivity index (χ2v) is 5.08. The smallest absolute Gasteiger partial charge is 0.322 e. The van der Waals surface area contributed by atoms with Crippen molar-refractivity contribution < 1.29 is 4.74 Å². The molecule has 0 bridgehead atoms. The van der Waals surface area contributed by atoms with E-state index in [1.165, 1.54) is 26.4 Å². The number of ether oxygens (including phenoxy) is 1. The molecule has 2 rings (SSSR count). The van der Waals surface area contributed by atoms with Crippen molar-refractivity contribution in [3.8, 4) is 6.01 Å². The van der Waals surface area contributed by atoms with Crippen LogP contribution < -0.4 is 10.1 Å². The first-order valence-electron chi connectivity index (χ1n) is 5.93. The molecule has 0 unspecified atom stereocenters. The van der Waals surface area contributed by atoms with E-state index in [1.54, 1.807) is 0 Å². The fraction of sp³-hybridized carbons (Fsp3) is 0.727. The topological polar surface area (TPSA) is 63.2 Å². The maximum absolute atomic E-state index is 5.80. The lowest BCUT2D eigenvalue weighted by atomic mass is 9.75. The molecular formula is C11H18ClN5O. The van der Waals surface area contributed by atoms with Crippen LogP contribution >= 0.6 is 11.6 Å². The van der Waals surface area contributed by atoms with Crippen molar-refractivity contribution in [2.24, 2.45) is 0 Å². The molecule has 6 nitrogen and oxygen atoms in total. The predicted octanol–water partition coefficient (Wildman–Crippen LogP) is 1.43. The molecule has 0 amide bonds. The summed E-state index contributed by atoms with van der Waals surface area (Å²) < 4.78 is 4.96. The number of halogens is 1. The van der Waals surface area contributed by atoms with Gasteiger partial charge in [-0.05, 0) is 45.0 Å². The number of methoxy groups -OCH3 is 1. The average molecular weight is 272 g/mol. The SMILES string of the molecule is COc1nc(Cl)nc(NCC2(N(C)C)CCC2)n1. The largest absolute Gasteiger partial charge is 0.467 e. The number of anilines is 1. The second kappa shape index (κ2) is 5.24. The van der Waals surface area contributed by atoms with Crippen LogP contribution in [0.15, 0.2) is 0 Å². The first-order chi connectivity index (χ1) is 8.55. The van der Waals surface area contributed by atoms with Crippen molar-refractivity contribution in [3.05, 3.63) is 5.28 Å². The molecule has 1 saturated carbocycles. The van der Waals surface area contributed by atoms with Crippen LogP contribution in [0.2, 0.25) is 5.28 Å². The molecule has 1 aromatic rings. The fourth-order valence-electron chi connectivity index (χ4n) is 2.11. The molecular weight excluding hydrogens is 254 g/mol. The summed E-state index contributed by atoms with van der Waals surface area (Å²) in [4.78, 5) is 14.2. The van der Waals surface area contributed by atoms with Gasteiger partial charge in [0.1, 0.15) is 0 Å². The van der Waals surface area contributed by atoms with Gasteiger partial charge in [-0.2, -0.15) is 15.0 Å². The number of likely N-dealkylation sites (N-methyl/N-ethyl adjacent to an activating group) is 1. The van der Waals surface area contributed by atoms with Gasteiger partial charge in [-0.15, -0.1) is 0 Å². The number of rotatable bonds is 5. The number of nitrogens with zero attached hydrogens (tertiary/aromatic N) is 4. The molecule has 1 aliphatic rings. The molecule has 0 atom stereocenters. The van der Waals surface area contributed by atoms with Crippen LogP contribution in [0, 0.1) is 0 Å². The van der Waals surface area contributed by atoms with E-state index in [2.05, 4.69) is 39.3 Å². The van der Waals surface area contributed by atoms with Gasteiger partial charge in [0.15, 0.2) is 0 Å². The molecule has 0 spiro atoms. The highest BCUT2D eigenvalue weighted by Crippen LogP contribution is 2.36. The first-order valence-corrected chi connectivity index (χ1v) is 6.30. The third-order valence-corrected chi connectivity index (χ3v) is 3.75. The maximum Gasteiger partial charge on any atom is 0.322 e. The van der Waals surface area contributed by atoms with E-state index in [-0.39, 0.29) is 16.8 Å². The Bertz CT molecular complexity index is 422. The summed E-state index contributed by atoms with van der Waals surface area (Å²) in [5.74, 6) is 0.458. The number of aromatic nitrogens is 3. The van der Waals surface area contributed by atoms with E-state index in [0.29, 0.717) is 5.95 Å². The van der Waals surface area contributed by atoms with Crippen molar-refractivity contribution in [1.82, 2.24) is 19.9 Å². The normalized spacial score (nSPS) is 17.4. The lowest BCUT2D eigenvalue weighted by Crippen LogP contribution is -2.54. The Hall–Kier alpha value is -1.14. The van der Waals surface area contributed by atoms with Crippen LogP contribution in [0.4, 0.5) is 5.95 Å². The molecule has 1 heterocycles. The Morgan fingerprint density at radius 2 is 2.06 bits per heavy atom. The molecule has 100 valence electrons. The Labute approximate surface area is 112 Å². The van der Waals surface area contributed by atoms with E-state index >= 15 is 0 Å². The van der Waals surface area contributed by atoms with Gasteiger partial charge in [0.2, 0.25) is 11.2 Å². The van der Waals surface area contributed by atoms with Crippen LogP contribution in [0.1, 0.15) is 19.3 Å². The monoisotopic (exact) mass is 271 g/mol. The lowest BCUT2D eigenvalue weighted by Gasteiger charge is -2.47. The Kier molecular flexibility index (Phi) is 3.87. The third kappa shape index (κ3) is 2.64. The molecule has 0 aromatic carbocycles. The van der Waals surface area contributed by atoms with Crippen molar-refractivity contribution >= 4 is 17.5 Å². The number of hydrogen-bond donors (Lipinski definition) is 1. The summed E-state index contributed by atoms with van der Waals surface area (Å²) in [6.07, 6.45) is 3.63. The molecule has 0 saturated heterocycles. The van der Waals surface area contributed by atoms with Gasteiger partial charge in [-0.3, -0.25) is 0 Å². The van der Waals surface area contributed by atoms with E-state index in [9.17, 15) is 0 Å². The molecule has 7 heteroatoms. The zero-order chi connectivity index (χ0) is 13.2. The molecule has 1 aliphatic carbocycles. The predicted molar refractivity (Wildman–Crippen MR) is 70.1 cm³/mol. The number of hydrogen-bond acceptors (Lipinski definition) is 6. The van der Waals surface area contributed by atoms with Crippen LogP contribution in [0.5, 0.6) is 6.01 Å². The molecule has 1 fully saturated rings. The van der Waals surface area contributed by atoms with Crippen LogP contribution in [0.3, 0.4) is 0 Å². The summed E-state index contributed by atoms with van der Waals surface area (Å²) in [6.45, 7) is 0.795. The second-order valence-electron chi connectivity index (χ2n) is 4.74. The zero-order valence-electron chi connectivity index (χ0n) is 10.9. The van der Waals surface area contributed by atoms with Gasteiger partial charge in [0.25, 0.3) is 0 Å². The number of nitrogens with one attached hydrogen (secondary N) is 1. The van der Waals surface area contributed by atoms with Gasteiger partial charge in [0.05, 0.1) is 7.11 Å². The maximum atomic E-state index is 5.80. The van der Waals surface area contributed by atoms with Gasteiger partial charge in [0, 0.05) is 12.1 Å². The molecule has 1 N–H and O–H groups in total. The van der Waals surface area contributed by atoms with Gasteiger partial charge < -0.3 is 15.0 Å². The average Bonchev–Trinajstić information content (AvgIpc) is 2.26. The molecule has 18 heavy (non-hydrogen) atoms. The van der Waals surface area contributed by atoms with Crippen LogP contribution in [0.25, 0.3) is 0 Å². The van der Waals surface area contributed by atoms with Crippen molar-refractivity contribution in [2.75, 3.05) is 33.1 Å². The Balaban J connectivity index is 2.03. The Morgan fingerprint density at radius 1 is 1.33 bits per heavy atom. The minimum atomic E-state index is 0.136. The van der Waals surface area contributed by atoms with Crippen molar-refractivity contribution in [2.45, 2.75) is 24.8 Å². The quantitative estimate of drug-likeness (QED) is 0.874. The standard InChI is InChI=1S/C11H18ClN5O/c1-17(2)11(5-4-6-11)7-13-9-14-8(12)15-10(16-9)18-3/h4-7H2,1-3H3,(H,13,14,15,16). The fourth-order valence-corrected chi connectivity index (χ4v) is 2.27. The molecule has 0 radical (unpaired) electrons. The van der Waals surface area contributed by atoms with E-state index in [4.69, 9.17) is 16.3 Å². The van der Waals surface area contributed by atoms with Gasteiger partial charge >= 0.3 is 6.01 Å². The van der Waals surface area contributed by atoms with Gasteiger partial charge in [-0.25, -0.2) is 0 Å². The van der Waals surface area contributed by atoms with E-state index in [0.717, 1.165) is 6.54 Å². The minimum absolute atomic E-state index is 0.136. The minimum Gasteiger partial charge on any atom is -0.467 e. The third-order valence-electron chi connectivity index (χ3n) is 3.58. The highest BCUT2D eigenvalue weighted by atomic mass is 35.5. The summed E-state index contributed by atoms with van der Waals surface area (Å²) >= 11 is 5.80. The van der Waals surface area contributed by atoms with E-state index < -0.39 is 0 Å². The van der Waals surface area contributed by atoms with E-state index in [1.807, 2.05) is 0 Å². The summed E-state index contributed by atoms with van der Waals surface area (Å²) in [5.41, 5.74) is 0.201. The zero-order valence-corrected chi connectivity index (χ0v) is 11.7. The van der Waals surface area contributed by atoms with Crippen molar-refractivity contribution in [3.63, 3.8) is 0 Å². The summed E-state index contributed by atoms with van der Waals surface area (Å²) in [6, 6.07) is 0.227. The van der Waals surface area contributed by atoms with Gasteiger partial charge in [-0.1, -0.05) is 0 Å². The van der Waals surface area contributed by atoms with Crippen molar-refractivity contribution in [1.29, 1.82) is 0 Å². The lowest BCUT2D eigenvalue weighted by molar-refractivity contribution is 0.0737.